The van der Waals surface area contributed by atoms with Gasteiger partial charge in [-0.25, -0.2) is 5.01 Å². The van der Waals surface area contributed by atoms with Crippen molar-refractivity contribution in [3.05, 3.63) is 30.1 Å². The summed E-state index contributed by atoms with van der Waals surface area (Å²) in [4.78, 5) is 15.6. The molecule has 1 aliphatic heterocycles. The molecule has 0 unspecified atom stereocenters. The molecule has 1 fully saturated rings. The molecular formula is C10H13N3O2S. The molecular weight excluding hydrogens is 226 g/mol. The van der Waals surface area contributed by atoms with Gasteiger partial charge in [0.2, 0.25) is 0 Å². The number of hydrogen-bond donors (Lipinski definition) is 1. The Morgan fingerprint density at radius 1 is 1.44 bits per heavy atom. The fourth-order valence-electron chi connectivity index (χ4n) is 1.45. The number of carbonyl (C=O) groups excluding carboxylic acids is 1. The van der Waals surface area contributed by atoms with E-state index in [9.17, 15) is 9.00 Å². The lowest BCUT2D eigenvalue weighted by Crippen LogP contribution is -2.49. The lowest BCUT2D eigenvalue weighted by molar-refractivity contribution is 0.0803. The molecule has 0 bridgehead atoms. The summed E-state index contributed by atoms with van der Waals surface area (Å²) in [7, 11) is -0.726. The number of aromatic nitrogens is 1. The van der Waals surface area contributed by atoms with Crippen molar-refractivity contribution in [2.45, 2.75) is 0 Å². The first-order chi connectivity index (χ1) is 7.75. The Hall–Kier alpha value is -1.27. The van der Waals surface area contributed by atoms with Crippen molar-refractivity contribution < 1.29 is 9.00 Å². The van der Waals surface area contributed by atoms with Gasteiger partial charge >= 0.3 is 0 Å². The molecule has 0 radical (unpaired) electrons. The average molecular weight is 239 g/mol. The first-order valence-corrected chi connectivity index (χ1v) is 6.55. The van der Waals surface area contributed by atoms with E-state index < -0.39 is 10.8 Å². The van der Waals surface area contributed by atoms with Crippen LogP contribution in [0.4, 0.5) is 0 Å². The zero-order chi connectivity index (χ0) is 11.4. The molecule has 6 heteroatoms. The first-order valence-electron chi connectivity index (χ1n) is 5.06. The zero-order valence-electron chi connectivity index (χ0n) is 8.76. The molecule has 2 heterocycles. The number of pyridine rings is 1. The van der Waals surface area contributed by atoms with Crippen LogP contribution in [0.5, 0.6) is 0 Å². The van der Waals surface area contributed by atoms with Gasteiger partial charge in [-0.1, -0.05) is 0 Å². The molecule has 0 aromatic carbocycles. The Morgan fingerprint density at radius 3 is 2.81 bits per heavy atom. The second-order valence-electron chi connectivity index (χ2n) is 3.52. The Morgan fingerprint density at radius 2 is 2.19 bits per heavy atom. The molecule has 0 spiro atoms. The number of amides is 1. The van der Waals surface area contributed by atoms with Crippen LogP contribution in [0.3, 0.4) is 0 Å². The lowest BCUT2D eigenvalue weighted by atomic mass is 10.3. The second kappa shape index (κ2) is 5.18. The van der Waals surface area contributed by atoms with Crippen LogP contribution in [0.2, 0.25) is 0 Å². The molecule has 0 aliphatic carbocycles. The SMILES string of the molecule is O=C(NN1CCS(=O)CC1)c1cccnc1. The van der Waals surface area contributed by atoms with Gasteiger partial charge in [-0.2, -0.15) is 0 Å². The minimum absolute atomic E-state index is 0.166. The number of carbonyl (C=O) groups is 1. The summed E-state index contributed by atoms with van der Waals surface area (Å²) >= 11 is 0. The van der Waals surface area contributed by atoms with Gasteiger partial charge in [-0.05, 0) is 12.1 Å². The number of rotatable bonds is 2. The number of hydrogen-bond acceptors (Lipinski definition) is 4. The average Bonchev–Trinajstić information content (AvgIpc) is 2.33. The highest BCUT2D eigenvalue weighted by Gasteiger charge is 2.17. The molecule has 1 aromatic rings. The molecule has 1 aromatic heterocycles. The molecule has 1 aliphatic rings. The van der Waals surface area contributed by atoms with Crippen LogP contribution >= 0.6 is 0 Å². The van der Waals surface area contributed by atoms with Gasteiger partial charge < -0.3 is 0 Å². The molecule has 1 N–H and O–H groups in total. The Bertz CT molecular complexity index is 386. The van der Waals surface area contributed by atoms with E-state index in [1.165, 1.54) is 6.20 Å². The summed E-state index contributed by atoms with van der Waals surface area (Å²) < 4.78 is 11.1. The van der Waals surface area contributed by atoms with E-state index in [-0.39, 0.29) is 5.91 Å². The molecule has 16 heavy (non-hydrogen) atoms. The van der Waals surface area contributed by atoms with E-state index in [4.69, 9.17) is 0 Å². The van der Waals surface area contributed by atoms with Crippen molar-refractivity contribution in [1.82, 2.24) is 15.4 Å². The van der Waals surface area contributed by atoms with E-state index in [0.29, 0.717) is 30.2 Å². The third-order valence-electron chi connectivity index (χ3n) is 2.36. The van der Waals surface area contributed by atoms with Gasteiger partial charge in [-0.3, -0.25) is 19.4 Å². The van der Waals surface area contributed by atoms with Crippen LogP contribution in [0.15, 0.2) is 24.5 Å². The van der Waals surface area contributed by atoms with E-state index in [0.717, 1.165) is 0 Å². The number of nitrogens with zero attached hydrogens (tertiary/aromatic N) is 2. The Kier molecular flexibility index (Phi) is 3.63. The second-order valence-corrected chi connectivity index (χ2v) is 5.21. The summed E-state index contributed by atoms with van der Waals surface area (Å²) in [5.41, 5.74) is 3.31. The van der Waals surface area contributed by atoms with Gasteiger partial charge in [0.25, 0.3) is 5.91 Å². The van der Waals surface area contributed by atoms with Crippen LogP contribution in [0.25, 0.3) is 0 Å². The predicted octanol–water partition coefficient (Wildman–Crippen LogP) is -0.209. The summed E-state index contributed by atoms with van der Waals surface area (Å²) in [6, 6.07) is 3.44. The maximum atomic E-state index is 11.7. The van der Waals surface area contributed by atoms with E-state index in [1.807, 2.05) is 0 Å². The van der Waals surface area contributed by atoms with Crippen molar-refractivity contribution in [3.8, 4) is 0 Å². The van der Waals surface area contributed by atoms with Crippen molar-refractivity contribution in [2.24, 2.45) is 0 Å². The van der Waals surface area contributed by atoms with Gasteiger partial charge in [0.15, 0.2) is 0 Å². The summed E-state index contributed by atoms with van der Waals surface area (Å²) in [5, 5.41) is 1.80. The summed E-state index contributed by atoms with van der Waals surface area (Å²) in [6.07, 6.45) is 3.15. The maximum Gasteiger partial charge on any atom is 0.267 e. The minimum atomic E-state index is -0.726. The molecule has 5 nitrogen and oxygen atoms in total. The van der Waals surface area contributed by atoms with E-state index >= 15 is 0 Å². The van der Waals surface area contributed by atoms with Gasteiger partial charge in [-0.15, -0.1) is 0 Å². The zero-order valence-corrected chi connectivity index (χ0v) is 9.57. The molecule has 2 rings (SSSR count). The topological polar surface area (TPSA) is 62.3 Å². The lowest BCUT2D eigenvalue weighted by Gasteiger charge is -2.26. The summed E-state index contributed by atoms with van der Waals surface area (Å²) in [5.74, 6) is 1.07. The van der Waals surface area contributed by atoms with Crippen LogP contribution in [-0.2, 0) is 10.8 Å². The predicted molar refractivity (Wildman–Crippen MR) is 61.2 cm³/mol. The smallest absolute Gasteiger partial charge is 0.267 e. The van der Waals surface area contributed by atoms with Crippen LogP contribution in [-0.4, -0.2) is 44.7 Å². The molecule has 86 valence electrons. The van der Waals surface area contributed by atoms with Gasteiger partial charge in [0.1, 0.15) is 0 Å². The Balaban J connectivity index is 1.91. The monoisotopic (exact) mass is 239 g/mol. The fourth-order valence-corrected chi connectivity index (χ4v) is 2.51. The maximum absolute atomic E-state index is 11.7. The van der Waals surface area contributed by atoms with E-state index in [2.05, 4.69) is 10.4 Å². The molecule has 1 saturated heterocycles. The number of nitrogens with one attached hydrogen (secondary N) is 1. The summed E-state index contributed by atoms with van der Waals surface area (Å²) in [6.45, 7) is 1.28. The van der Waals surface area contributed by atoms with Crippen molar-refractivity contribution in [2.75, 3.05) is 24.6 Å². The molecule has 0 saturated carbocycles. The van der Waals surface area contributed by atoms with Crippen LogP contribution in [0.1, 0.15) is 10.4 Å². The molecule has 0 atom stereocenters. The third-order valence-corrected chi connectivity index (χ3v) is 3.64. The molecule has 1 amide bonds. The Labute approximate surface area is 96.3 Å². The highest BCUT2D eigenvalue weighted by atomic mass is 32.2. The van der Waals surface area contributed by atoms with E-state index in [1.54, 1.807) is 23.3 Å². The van der Waals surface area contributed by atoms with Gasteiger partial charge in [0, 0.05) is 47.8 Å². The van der Waals surface area contributed by atoms with Crippen molar-refractivity contribution in [1.29, 1.82) is 0 Å². The highest BCUT2D eigenvalue weighted by molar-refractivity contribution is 7.85. The van der Waals surface area contributed by atoms with Crippen LogP contribution < -0.4 is 5.43 Å². The standard InChI is InChI=1S/C10H13N3O2S/c14-10(9-2-1-3-11-8-9)12-13-4-6-16(15)7-5-13/h1-3,8H,4-7H2,(H,12,14). The largest absolute Gasteiger partial charge is 0.285 e. The van der Waals surface area contributed by atoms with Crippen molar-refractivity contribution >= 4 is 16.7 Å². The van der Waals surface area contributed by atoms with Gasteiger partial charge in [0.05, 0.1) is 5.56 Å². The highest BCUT2D eigenvalue weighted by Crippen LogP contribution is 2.00. The minimum Gasteiger partial charge on any atom is -0.285 e. The van der Waals surface area contributed by atoms with Crippen molar-refractivity contribution in [3.63, 3.8) is 0 Å². The fraction of sp³-hybridized carbons (Fsp3) is 0.400. The quantitative estimate of drug-likeness (QED) is 0.776. The first kappa shape index (κ1) is 11.2. The third kappa shape index (κ3) is 2.86. The normalized spacial score (nSPS) is 18.2. The van der Waals surface area contributed by atoms with Crippen LogP contribution in [0, 0.1) is 0 Å². The number of hydrazine groups is 1.